The average Bonchev–Trinajstić information content (AvgIpc) is 3.04. The Hall–Kier alpha value is -0.0800. The molecule has 0 unspecified atom stereocenters. The first kappa shape index (κ1) is 14.0. The van der Waals surface area contributed by atoms with Crippen molar-refractivity contribution in [3.63, 3.8) is 0 Å². The van der Waals surface area contributed by atoms with Crippen molar-refractivity contribution in [1.29, 1.82) is 0 Å². The Morgan fingerprint density at radius 1 is 1.19 bits per heavy atom. The summed E-state index contributed by atoms with van der Waals surface area (Å²) in [5, 5.41) is 3.52. The van der Waals surface area contributed by atoms with Gasteiger partial charge in [-0.05, 0) is 64.2 Å². The van der Waals surface area contributed by atoms with Crippen LogP contribution in [-0.2, 0) is 0 Å². The van der Waals surface area contributed by atoms with Gasteiger partial charge in [0, 0.05) is 6.04 Å². The Bertz CT molecular complexity index is 164. The Morgan fingerprint density at radius 3 is 2.50 bits per heavy atom. The molecule has 0 saturated heterocycles. The molecule has 96 valence electrons. The molecule has 2 heteroatoms. The van der Waals surface area contributed by atoms with Crippen molar-refractivity contribution in [3.8, 4) is 0 Å². The summed E-state index contributed by atoms with van der Waals surface area (Å²) in [6, 6.07) is 0.948. The van der Waals surface area contributed by atoms with Crippen LogP contribution in [0, 0.1) is 5.92 Å². The van der Waals surface area contributed by atoms with Crippen LogP contribution in [0.15, 0.2) is 0 Å². The monoisotopic (exact) mass is 226 g/mol. The van der Waals surface area contributed by atoms with Crippen LogP contribution in [0.25, 0.3) is 0 Å². The predicted molar refractivity (Wildman–Crippen MR) is 71.8 cm³/mol. The van der Waals surface area contributed by atoms with Gasteiger partial charge in [-0.1, -0.05) is 20.8 Å². The minimum absolute atomic E-state index is 0.781. The number of rotatable bonds is 10. The lowest BCUT2D eigenvalue weighted by Crippen LogP contribution is -2.29. The third-order valence-corrected chi connectivity index (χ3v) is 3.18. The third-order valence-electron chi connectivity index (χ3n) is 3.18. The molecule has 0 heterocycles. The summed E-state index contributed by atoms with van der Waals surface area (Å²) >= 11 is 0. The molecular weight excluding hydrogens is 196 g/mol. The lowest BCUT2D eigenvalue weighted by molar-refractivity contribution is 0.258. The topological polar surface area (TPSA) is 15.3 Å². The second-order valence-corrected chi connectivity index (χ2v) is 5.57. The van der Waals surface area contributed by atoms with E-state index in [1.165, 1.54) is 58.3 Å². The molecule has 2 nitrogen and oxygen atoms in total. The summed E-state index contributed by atoms with van der Waals surface area (Å²) < 4.78 is 0. The molecule has 0 aromatic heterocycles. The van der Waals surface area contributed by atoms with Crippen LogP contribution >= 0.6 is 0 Å². The molecule has 0 bridgehead atoms. The molecule has 1 fully saturated rings. The Labute approximate surface area is 102 Å². The van der Waals surface area contributed by atoms with Crippen molar-refractivity contribution in [2.45, 2.75) is 58.9 Å². The molecule has 0 atom stereocenters. The molecule has 1 aliphatic rings. The molecule has 1 aliphatic carbocycles. The van der Waals surface area contributed by atoms with Gasteiger partial charge in [0.25, 0.3) is 0 Å². The first-order chi connectivity index (χ1) is 7.74. The van der Waals surface area contributed by atoms with E-state index in [4.69, 9.17) is 0 Å². The lowest BCUT2D eigenvalue weighted by atomic mass is 10.2. The fourth-order valence-electron chi connectivity index (χ4n) is 2.16. The predicted octanol–water partition coefficient (Wildman–Crippen LogP) is 2.89. The van der Waals surface area contributed by atoms with Crippen LogP contribution < -0.4 is 5.32 Å². The van der Waals surface area contributed by atoms with E-state index in [-0.39, 0.29) is 0 Å². The highest BCUT2D eigenvalue weighted by Gasteiger charge is 2.27. The fourth-order valence-corrected chi connectivity index (χ4v) is 2.16. The van der Waals surface area contributed by atoms with Crippen molar-refractivity contribution >= 4 is 0 Å². The van der Waals surface area contributed by atoms with E-state index in [0.29, 0.717) is 0 Å². The summed E-state index contributed by atoms with van der Waals surface area (Å²) in [6.07, 6.45) is 6.90. The van der Waals surface area contributed by atoms with E-state index in [1.54, 1.807) is 0 Å². The highest BCUT2D eigenvalue weighted by molar-refractivity contribution is 4.84. The molecule has 0 spiro atoms. The summed E-state index contributed by atoms with van der Waals surface area (Å²) in [7, 11) is 0. The zero-order valence-corrected chi connectivity index (χ0v) is 11.5. The summed E-state index contributed by atoms with van der Waals surface area (Å²) in [5.41, 5.74) is 0. The highest BCUT2D eigenvalue weighted by atomic mass is 15.2. The molecule has 1 N–H and O–H groups in total. The quantitative estimate of drug-likeness (QED) is 0.576. The summed E-state index contributed by atoms with van der Waals surface area (Å²) in [5.74, 6) is 0.781. The normalized spacial score (nSPS) is 16.3. The van der Waals surface area contributed by atoms with Gasteiger partial charge in [-0.2, -0.15) is 0 Å². The van der Waals surface area contributed by atoms with Gasteiger partial charge in [0.1, 0.15) is 0 Å². The number of nitrogens with zero attached hydrogens (tertiary/aromatic N) is 1. The second kappa shape index (κ2) is 8.08. The van der Waals surface area contributed by atoms with E-state index in [2.05, 4.69) is 31.0 Å². The van der Waals surface area contributed by atoms with Crippen LogP contribution in [0.5, 0.6) is 0 Å². The van der Waals surface area contributed by atoms with Gasteiger partial charge in [0.2, 0.25) is 0 Å². The van der Waals surface area contributed by atoms with Crippen molar-refractivity contribution in [1.82, 2.24) is 10.2 Å². The van der Waals surface area contributed by atoms with E-state index >= 15 is 0 Å². The van der Waals surface area contributed by atoms with Crippen LogP contribution in [0.1, 0.15) is 52.9 Å². The van der Waals surface area contributed by atoms with E-state index in [1.807, 2.05) is 0 Å². The summed E-state index contributed by atoms with van der Waals surface area (Å²) in [6.45, 7) is 11.8. The van der Waals surface area contributed by atoms with E-state index < -0.39 is 0 Å². The standard InChI is InChI=1S/C14H30N2/c1-4-10-16(14-7-8-14)11-6-5-9-15-12-13(2)3/h13-15H,4-12H2,1-3H3. The Morgan fingerprint density at radius 2 is 1.94 bits per heavy atom. The molecule has 16 heavy (non-hydrogen) atoms. The van der Waals surface area contributed by atoms with E-state index in [9.17, 15) is 0 Å². The molecule has 1 saturated carbocycles. The molecule has 0 aromatic carbocycles. The minimum atomic E-state index is 0.781. The molecule has 0 radical (unpaired) electrons. The maximum atomic E-state index is 3.52. The van der Waals surface area contributed by atoms with Crippen LogP contribution in [0.2, 0.25) is 0 Å². The zero-order chi connectivity index (χ0) is 11.8. The number of unbranched alkanes of at least 4 members (excludes halogenated alkanes) is 1. The van der Waals surface area contributed by atoms with Gasteiger partial charge in [0.15, 0.2) is 0 Å². The molecule has 0 aliphatic heterocycles. The number of nitrogens with one attached hydrogen (secondary N) is 1. The van der Waals surface area contributed by atoms with Gasteiger partial charge in [-0.15, -0.1) is 0 Å². The molecule has 0 aromatic rings. The highest BCUT2D eigenvalue weighted by Crippen LogP contribution is 2.26. The zero-order valence-electron chi connectivity index (χ0n) is 11.5. The fraction of sp³-hybridized carbons (Fsp3) is 1.00. The van der Waals surface area contributed by atoms with Crippen molar-refractivity contribution in [3.05, 3.63) is 0 Å². The molecule has 0 amide bonds. The van der Waals surface area contributed by atoms with Crippen molar-refractivity contribution in [2.75, 3.05) is 26.2 Å². The first-order valence-electron chi connectivity index (χ1n) is 7.18. The van der Waals surface area contributed by atoms with Gasteiger partial charge >= 0.3 is 0 Å². The van der Waals surface area contributed by atoms with Gasteiger partial charge in [-0.3, -0.25) is 0 Å². The lowest BCUT2D eigenvalue weighted by Gasteiger charge is -2.21. The van der Waals surface area contributed by atoms with Crippen LogP contribution in [-0.4, -0.2) is 37.1 Å². The van der Waals surface area contributed by atoms with Gasteiger partial charge < -0.3 is 10.2 Å². The second-order valence-electron chi connectivity index (χ2n) is 5.57. The summed E-state index contributed by atoms with van der Waals surface area (Å²) in [4.78, 5) is 2.70. The maximum absolute atomic E-state index is 3.52. The number of hydrogen-bond acceptors (Lipinski definition) is 2. The largest absolute Gasteiger partial charge is 0.316 e. The van der Waals surface area contributed by atoms with Gasteiger partial charge in [0.05, 0.1) is 0 Å². The minimum Gasteiger partial charge on any atom is -0.316 e. The smallest absolute Gasteiger partial charge is 0.00964 e. The first-order valence-corrected chi connectivity index (χ1v) is 7.18. The Balaban J connectivity index is 1.92. The Kier molecular flexibility index (Phi) is 7.06. The molecule has 1 rings (SSSR count). The van der Waals surface area contributed by atoms with Crippen molar-refractivity contribution in [2.24, 2.45) is 5.92 Å². The third kappa shape index (κ3) is 6.49. The van der Waals surface area contributed by atoms with E-state index in [0.717, 1.165) is 12.0 Å². The van der Waals surface area contributed by atoms with Crippen LogP contribution in [0.3, 0.4) is 0 Å². The maximum Gasteiger partial charge on any atom is 0.00964 e. The average molecular weight is 226 g/mol. The molecular formula is C14H30N2. The van der Waals surface area contributed by atoms with Gasteiger partial charge in [-0.25, -0.2) is 0 Å². The van der Waals surface area contributed by atoms with Crippen molar-refractivity contribution < 1.29 is 0 Å². The number of hydrogen-bond donors (Lipinski definition) is 1. The van der Waals surface area contributed by atoms with Crippen LogP contribution in [0.4, 0.5) is 0 Å². The SMILES string of the molecule is CCCN(CCCCNCC(C)C)C1CC1.